The first kappa shape index (κ1) is 13.8. The first-order chi connectivity index (χ1) is 7.32. The third-order valence-corrected chi connectivity index (χ3v) is 5.41. The zero-order chi connectivity index (χ0) is 12.3. The molecule has 0 radical (unpaired) electrons. The molecule has 0 bridgehead atoms. The van der Waals surface area contributed by atoms with Crippen LogP contribution in [0.25, 0.3) is 0 Å². The first-order valence-electron chi connectivity index (χ1n) is 5.17. The predicted octanol–water partition coefficient (Wildman–Crippen LogP) is -0.0220. The molecule has 0 aromatic carbocycles. The highest BCUT2D eigenvalue weighted by Crippen LogP contribution is 2.21. The van der Waals surface area contributed by atoms with E-state index in [1.165, 1.54) is 6.26 Å². The van der Waals surface area contributed by atoms with Gasteiger partial charge in [0.05, 0.1) is 5.84 Å². The van der Waals surface area contributed by atoms with E-state index in [1.807, 2.05) is 11.8 Å². The zero-order valence-corrected chi connectivity index (χ0v) is 11.3. The topological polar surface area (TPSA) is 87.2 Å². The molecule has 1 aliphatic heterocycles. The van der Waals surface area contributed by atoms with E-state index in [-0.39, 0.29) is 11.8 Å². The number of nitrogens with two attached hydrogens (primary N) is 1. The molecule has 5 nitrogen and oxygen atoms in total. The number of nitrogens with one attached hydrogen (secondary N) is 1. The Morgan fingerprint density at radius 3 is 2.81 bits per heavy atom. The second-order valence-corrected chi connectivity index (χ2v) is 7.56. The highest BCUT2D eigenvalue weighted by atomic mass is 32.2. The maximum Gasteiger partial charge on any atom is 0.164 e. The summed E-state index contributed by atoms with van der Waals surface area (Å²) in [5, 5.41) is 6.91. The minimum atomic E-state index is -3.05. The van der Waals surface area contributed by atoms with Crippen LogP contribution < -0.4 is 5.73 Å². The van der Waals surface area contributed by atoms with Gasteiger partial charge in [0.15, 0.2) is 9.84 Å². The van der Waals surface area contributed by atoms with E-state index in [9.17, 15) is 8.42 Å². The average molecular weight is 265 g/mol. The van der Waals surface area contributed by atoms with Crippen molar-refractivity contribution in [3.05, 3.63) is 0 Å². The standard InChI is InChI=1S/C9H19N3O2S2/c1-7(9(10)11)5-12-3-4-15-6-8(12)16(2,13)14/h7-8H,3-6H2,1-2H3,(H3,10,11). The Hall–Kier alpha value is -0.270. The molecule has 1 rings (SSSR count). The monoisotopic (exact) mass is 265 g/mol. The molecule has 2 unspecified atom stereocenters. The number of sulfone groups is 1. The Balaban J connectivity index is 2.72. The van der Waals surface area contributed by atoms with E-state index in [1.54, 1.807) is 11.8 Å². The van der Waals surface area contributed by atoms with Gasteiger partial charge in [0.25, 0.3) is 0 Å². The first-order valence-corrected chi connectivity index (χ1v) is 8.28. The smallest absolute Gasteiger partial charge is 0.164 e. The van der Waals surface area contributed by atoms with Crippen LogP contribution in [0.3, 0.4) is 0 Å². The second-order valence-electron chi connectivity index (χ2n) is 4.21. The van der Waals surface area contributed by atoms with E-state index in [0.717, 1.165) is 12.3 Å². The molecule has 7 heteroatoms. The molecular formula is C9H19N3O2S2. The van der Waals surface area contributed by atoms with E-state index in [2.05, 4.69) is 0 Å². The van der Waals surface area contributed by atoms with Crippen molar-refractivity contribution in [1.82, 2.24) is 4.90 Å². The molecule has 0 aromatic rings. The van der Waals surface area contributed by atoms with Crippen LogP contribution in [0.4, 0.5) is 0 Å². The molecule has 16 heavy (non-hydrogen) atoms. The Morgan fingerprint density at radius 1 is 1.69 bits per heavy atom. The highest BCUT2D eigenvalue weighted by molar-refractivity contribution is 8.00. The molecule has 3 N–H and O–H groups in total. The van der Waals surface area contributed by atoms with Crippen LogP contribution in [-0.2, 0) is 9.84 Å². The summed E-state index contributed by atoms with van der Waals surface area (Å²) in [6.07, 6.45) is 1.27. The lowest BCUT2D eigenvalue weighted by Crippen LogP contribution is -2.49. The molecule has 94 valence electrons. The summed E-state index contributed by atoms with van der Waals surface area (Å²) in [6, 6.07) is 0. The Bertz CT molecular complexity index is 356. The molecule has 0 aliphatic carbocycles. The van der Waals surface area contributed by atoms with E-state index in [0.29, 0.717) is 12.3 Å². The largest absolute Gasteiger partial charge is 0.387 e. The third-order valence-electron chi connectivity index (χ3n) is 2.72. The minimum Gasteiger partial charge on any atom is -0.387 e. The predicted molar refractivity (Wildman–Crippen MR) is 68.6 cm³/mol. The van der Waals surface area contributed by atoms with Gasteiger partial charge in [0, 0.05) is 36.8 Å². The Morgan fingerprint density at radius 2 is 2.31 bits per heavy atom. The van der Waals surface area contributed by atoms with Crippen LogP contribution >= 0.6 is 11.8 Å². The van der Waals surface area contributed by atoms with Crippen molar-refractivity contribution in [3.63, 3.8) is 0 Å². The van der Waals surface area contributed by atoms with Gasteiger partial charge in [-0.3, -0.25) is 10.3 Å². The molecule has 1 aliphatic rings. The molecule has 0 saturated carbocycles. The summed E-state index contributed by atoms with van der Waals surface area (Å²) in [5.74, 6) is 1.58. The Kier molecular flexibility index (Phi) is 4.63. The third kappa shape index (κ3) is 3.64. The minimum absolute atomic E-state index is 0.0904. The normalized spacial score (nSPS) is 25.2. The number of thioether (sulfide) groups is 1. The maximum absolute atomic E-state index is 11.6. The lowest BCUT2D eigenvalue weighted by molar-refractivity contribution is 0.255. The maximum atomic E-state index is 11.6. The van der Waals surface area contributed by atoms with Crippen molar-refractivity contribution in [2.45, 2.75) is 12.3 Å². The number of rotatable bonds is 4. The van der Waals surface area contributed by atoms with Crippen LogP contribution in [-0.4, -0.2) is 55.4 Å². The summed E-state index contributed by atoms with van der Waals surface area (Å²) < 4.78 is 23.2. The van der Waals surface area contributed by atoms with Crippen LogP contribution in [0.15, 0.2) is 0 Å². The zero-order valence-electron chi connectivity index (χ0n) is 9.64. The molecule has 0 aromatic heterocycles. The molecule has 2 atom stereocenters. The fourth-order valence-corrected chi connectivity index (χ4v) is 4.62. The second kappa shape index (κ2) is 5.37. The van der Waals surface area contributed by atoms with Crippen molar-refractivity contribution in [2.75, 3.05) is 30.9 Å². The molecule has 1 heterocycles. The summed E-state index contributed by atoms with van der Waals surface area (Å²) >= 11 is 1.66. The quantitative estimate of drug-likeness (QED) is 0.551. The summed E-state index contributed by atoms with van der Waals surface area (Å²) in [7, 11) is -3.05. The lowest BCUT2D eigenvalue weighted by atomic mass is 10.1. The molecule has 0 amide bonds. The van der Waals surface area contributed by atoms with Gasteiger partial charge < -0.3 is 5.73 Å². The average Bonchev–Trinajstić information content (AvgIpc) is 2.16. The number of hydrogen-bond acceptors (Lipinski definition) is 5. The van der Waals surface area contributed by atoms with E-state index in [4.69, 9.17) is 11.1 Å². The van der Waals surface area contributed by atoms with Crippen molar-refractivity contribution in [3.8, 4) is 0 Å². The lowest BCUT2D eigenvalue weighted by Gasteiger charge is -2.35. The van der Waals surface area contributed by atoms with Crippen LogP contribution in [0.5, 0.6) is 0 Å². The van der Waals surface area contributed by atoms with Crippen molar-refractivity contribution >= 4 is 27.4 Å². The van der Waals surface area contributed by atoms with Crippen LogP contribution in [0, 0.1) is 11.3 Å². The van der Waals surface area contributed by atoms with Gasteiger partial charge in [-0.2, -0.15) is 11.8 Å². The fourth-order valence-electron chi connectivity index (χ4n) is 1.67. The van der Waals surface area contributed by atoms with Crippen molar-refractivity contribution in [2.24, 2.45) is 11.7 Å². The van der Waals surface area contributed by atoms with Crippen molar-refractivity contribution in [1.29, 1.82) is 5.41 Å². The van der Waals surface area contributed by atoms with Gasteiger partial charge in [0.1, 0.15) is 5.37 Å². The summed E-state index contributed by atoms with van der Waals surface area (Å²) in [4.78, 5) is 1.93. The van der Waals surface area contributed by atoms with Gasteiger partial charge in [-0.05, 0) is 0 Å². The van der Waals surface area contributed by atoms with E-state index >= 15 is 0 Å². The van der Waals surface area contributed by atoms with Gasteiger partial charge in [-0.15, -0.1) is 0 Å². The molecule has 1 saturated heterocycles. The fraction of sp³-hybridized carbons (Fsp3) is 0.889. The van der Waals surface area contributed by atoms with Crippen LogP contribution in [0.1, 0.15) is 6.92 Å². The SMILES string of the molecule is CC(CN1CCSCC1S(C)(=O)=O)C(=N)N. The summed E-state index contributed by atoms with van der Waals surface area (Å²) in [6.45, 7) is 3.15. The van der Waals surface area contributed by atoms with Crippen molar-refractivity contribution < 1.29 is 8.42 Å². The highest BCUT2D eigenvalue weighted by Gasteiger charge is 2.31. The number of nitrogens with zero attached hydrogens (tertiary/aromatic N) is 1. The van der Waals surface area contributed by atoms with Gasteiger partial charge >= 0.3 is 0 Å². The van der Waals surface area contributed by atoms with Gasteiger partial charge in [-0.25, -0.2) is 8.42 Å². The van der Waals surface area contributed by atoms with E-state index < -0.39 is 15.2 Å². The van der Waals surface area contributed by atoms with Crippen LogP contribution in [0.2, 0.25) is 0 Å². The number of hydrogen-bond donors (Lipinski definition) is 2. The number of amidine groups is 1. The Labute approximate surface area is 101 Å². The molecule has 0 spiro atoms. The molecular weight excluding hydrogens is 246 g/mol. The van der Waals surface area contributed by atoms with Gasteiger partial charge in [-0.1, -0.05) is 6.92 Å². The summed E-state index contributed by atoms with van der Waals surface area (Å²) in [5.41, 5.74) is 5.41. The van der Waals surface area contributed by atoms with Gasteiger partial charge in [0.2, 0.25) is 0 Å². The molecule has 1 fully saturated rings.